The number of rotatable bonds is 10. The summed E-state index contributed by atoms with van der Waals surface area (Å²) in [5, 5.41) is 9.14. The first-order valence-electron chi connectivity index (χ1n) is 10.1. The molecular formula is C23H23N3O5. The quantitative estimate of drug-likeness (QED) is 0.284. The van der Waals surface area contributed by atoms with Crippen molar-refractivity contribution < 1.29 is 18.6 Å². The molecule has 0 unspecified atom stereocenters. The van der Waals surface area contributed by atoms with Crippen LogP contribution in [0.2, 0.25) is 0 Å². The van der Waals surface area contributed by atoms with E-state index in [4.69, 9.17) is 18.6 Å². The number of hydrogen-bond acceptors (Lipinski definition) is 7. The molecular weight excluding hydrogens is 398 g/mol. The molecule has 2 aromatic carbocycles. The molecule has 4 rings (SSSR count). The summed E-state index contributed by atoms with van der Waals surface area (Å²) in [6.45, 7) is 3.97. The molecule has 8 nitrogen and oxygen atoms in total. The maximum Gasteiger partial charge on any atom is 0.336 e. The number of para-hydroxylation sites is 2. The van der Waals surface area contributed by atoms with Crippen LogP contribution in [0, 0.1) is 0 Å². The Kier molecular flexibility index (Phi) is 6.47. The van der Waals surface area contributed by atoms with E-state index < -0.39 is 0 Å². The van der Waals surface area contributed by atoms with Gasteiger partial charge in [0.15, 0.2) is 11.5 Å². The van der Waals surface area contributed by atoms with Crippen LogP contribution >= 0.6 is 0 Å². The summed E-state index contributed by atoms with van der Waals surface area (Å²) < 4.78 is 24.1. The second kappa shape index (κ2) is 9.80. The lowest BCUT2D eigenvalue weighted by Gasteiger charge is -2.10. The van der Waals surface area contributed by atoms with E-state index in [2.05, 4.69) is 10.3 Å². The second-order valence-electron chi connectivity index (χ2n) is 6.80. The second-order valence-corrected chi connectivity index (χ2v) is 6.80. The normalized spacial score (nSPS) is 10.9. The Labute approximate surface area is 179 Å². The molecule has 4 aromatic rings. The van der Waals surface area contributed by atoms with Gasteiger partial charge >= 0.3 is 5.63 Å². The summed E-state index contributed by atoms with van der Waals surface area (Å²) >= 11 is 0. The molecule has 0 bridgehead atoms. The van der Waals surface area contributed by atoms with Crippen LogP contribution in [-0.4, -0.2) is 28.2 Å². The first-order valence-corrected chi connectivity index (χ1v) is 10.1. The minimum absolute atomic E-state index is 0.308. The predicted octanol–water partition coefficient (Wildman–Crippen LogP) is 3.83. The number of aromatic nitrogens is 3. The van der Waals surface area contributed by atoms with E-state index in [9.17, 15) is 4.79 Å². The summed E-state index contributed by atoms with van der Waals surface area (Å²) in [5.41, 5.74) is 0.866. The minimum atomic E-state index is -0.378. The van der Waals surface area contributed by atoms with Gasteiger partial charge in [0.1, 0.15) is 23.6 Å². The zero-order valence-corrected chi connectivity index (χ0v) is 17.2. The average molecular weight is 421 g/mol. The monoisotopic (exact) mass is 421 g/mol. The lowest BCUT2D eigenvalue weighted by molar-refractivity contribution is 0.266. The van der Waals surface area contributed by atoms with Gasteiger partial charge in [-0.2, -0.15) is 0 Å². The van der Waals surface area contributed by atoms with Crippen molar-refractivity contribution in [3.05, 3.63) is 76.9 Å². The van der Waals surface area contributed by atoms with E-state index >= 15 is 0 Å². The number of aryl methyl sites for hydroxylation is 1. The van der Waals surface area contributed by atoms with Crippen molar-refractivity contribution in [2.24, 2.45) is 0 Å². The van der Waals surface area contributed by atoms with Crippen LogP contribution in [-0.2, 0) is 13.2 Å². The Hall–Kier alpha value is -3.81. The molecule has 0 N–H and O–H groups in total. The molecule has 0 fully saturated rings. The van der Waals surface area contributed by atoms with Crippen molar-refractivity contribution in [3.8, 4) is 17.2 Å². The highest BCUT2D eigenvalue weighted by Gasteiger charge is 2.07. The van der Waals surface area contributed by atoms with Gasteiger partial charge in [0.05, 0.1) is 19.4 Å². The van der Waals surface area contributed by atoms with Crippen LogP contribution in [0.3, 0.4) is 0 Å². The first kappa shape index (κ1) is 20.5. The van der Waals surface area contributed by atoms with Gasteiger partial charge in [-0.1, -0.05) is 17.3 Å². The summed E-state index contributed by atoms with van der Waals surface area (Å²) in [5.74, 6) is 2.04. The van der Waals surface area contributed by atoms with Gasteiger partial charge in [-0.15, -0.1) is 5.10 Å². The molecule has 8 heteroatoms. The minimum Gasteiger partial charge on any atom is -0.493 e. The molecule has 0 radical (unpaired) electrons. The topological polar surface area (TPSA) is 88.6 Å². The van der Waals surface area contributed by atoms with Crippen LogP contribution in [0.15, 0.2) is 70.0 Å². The Balaban J connectivity index is 1.25. The van der Waals surface area contributed by atoms with Gasteiger partial charge in [-0.3, -0.25) is 4.68 Å². The zero-order chi connectivity index (χ0) is 21.5. The third kappa shape index (κ3) is 5.42. The van der Waals surface area contributed by atoms with E-state index in [0.717, 1.165) is 17.5 Å². The van der Waals surface area contributed by atoms with Crippen molar-refractivity contribution in [3.63, 3.8) is 0 Å². The molecule has 0 amide bonds. The highest BCUT2D eigenvalue weighted by Crippen LogP contribution is 2.27. The van der Waals surface area contributed by atoms with Crippen molar-refractivity contribution >= 4 is 11.0 Å². The molecule has 0 aliphatic rings. The van der Waals surface area contributed by atoms with Gasteiger partial charge < -0.3 is 18.6 Å². The number of benzene rings is 2. The summed E-state index contributed by atoms with van der Waals surface area (Å²) in [4.78, 5) is 11.3. The SMILES string of the molecule is CCOc1ccccc1OCc1cn(CCCOc2ccc3ccc(=O)oc3c2)nn1. The van der Waals surface area contributed by atoms with E-state index in [1.807, 2.05) is 49.5 Å². The largest absolute Gasteiger partial charge is 0.493 e. The Morgan fingerprint density at radius 2 is 1.81 bits per heavy atom. The molecule has 0 saturated heterocycles. The Morgan fingerprint density at radius 3 is 2.65 bits per heavy atom. The summed E-state index contributed by atoms with van der Waals surface area (Å²) in [7, 11) is 0. The summed E-state index contributed by atoms with van der Waals surface area (Å²) in [6.07, 6.45) is 2.60. The molecule has 160 valence electrons. The van der Waals surface area contributed by atoms with E-state index in [0.29, 0.717) is 49.2 Å². The van der Waals surface area contributed by atoms with Crippen LogP contribution in [0.4, 0.5) is 0 Å². The fourth-order valence-electron chi connectivity index (χ4n) is 3.06. The molecule has 2 aromatic heterocycles. The highest BCUT2D eigenvalue weighted by molar-refractivity contribution is 5.77. The fraction of sp³-hybridized carbons (Fsp3) is 0.261. The lowest BCUT2D eigenvalue weighted by atomic mass is 10.2. The average Bonchev–Trinajstić information content (AvgIpc) is 3.24. The maximum atomic E-state index is 11.3. The number of nitrogens with zero attached hydrogens (tertiary/aromatic N) is 3. The van der Waals surface area contributed by atoms with Crippen molar-refractivity contribution in [1.29, 1.82) is 0 Å². The van der Waals surface area contributed by atoms with Gasteiger partial charge in [0.2, 0.25) is 0 Å². The van der Waals surface area contributed by atoms with Gasteiger partial charge in [-0.05, 0) is 37.3 Å². The van der Waals surface area contributed by atoms with E-state index in [1.165, 1.54) is 6.07 Å². The van der Waals surface area contributed by atoms with Crippen molar-refractivity contribution in [2.45, 2.75) is 26.5 Å². The Morgan fingerprint density at radius 1 is 1.00 bits per heavy atom. The highest BCUT2D eigenvalue weighted by atomic mass is 16.5. The molecule has 2 heterocycles. The van der Waals surface area contributed by atoms with Gasteiger partial charge in [0, 0.05) is 30.5 Å². The number of ether oxygens (including phenoxy) is 3. The molecule has 0 atom stereocenters. The van der Waals surface area contributed by atoms with Gasteiger partial charge in [-0.25, -0.2) is 4.79 Å². The number of fused-ring (bicyclic) bond motifs is 1. The number of hydrogen-bond donors (Lipinski definition) is 0. The van der Waals surface area contributed by atoms with Crippen LogP contribution in [0.25, 0.3) is 11.0 Å². The van der Waals surface area contributed by atoms with E-state index in [-0.39, 0.29) is 5.63 Å². The summed E-state index contributed by atoms with van der Waals surface area (Å²) in [6, 6.07) is 16.1. The Bertz CT molecular complexity index is 1200. The molecule has 0 saturated carbocycles. The molecule has 0 aliphatic carbocycles. The molecule has 31 heavy (non-hydrogen) atoms. The van der Waals surface area contributed by atoms with Crippen molar-refractivity contribution in [2.75, 3.05) is 13.2 Å². The zero-order valence-electron chi connectivity index (χ0n) is 17.2. The smallest absolute Gasteiger partial charge is 0.336 e. The third-order valence-electron chi connectivity index (χ3n) is 4.51. The van der Waals surface area contributed by atoms with E-state index in [1.54, 1.807) is 16.8 Å². The fourth-order valence-corrected chi connectivity index (χ4v) is 3.06. The van der Waals surface area contributed by atoms with Crippen LogP contribution in [0.5, 0.6) is 17.2 Å². The molecule has 0 aliphatic heterocycles. The maximum absolute atomic E-state index is 11.3. The lowest BCUT2D eigenvalue weighted by Crippen LogP contribution is -2.05. The third-order valence-corrected chi connectivity index (χ3v) is 4.51. The van der Waals surface area contributed by atoms with Gasteiger partial charge in [0.25, 0.3) is 0 Å². The van der Waals surface area contributed by atoms with Crippen molar-refractivity contribution in [1.82, 2.24) is 15.0 Å². The predicted molar refractivity (Wildman–Crippen MR) is 115 cm³/mol. The van der Waals surface area contributed by atoms with Crippen LogP contribution < -0.4 is 19.8 Å². The first-order chi connectivity index (χ1) is 15.2. The standard InChI is InChI=1S/C23H23N3O5/c1-2-28-20-6-3-4-7-21(20)30-16-18-15-26(25-24-18)12-5-13-29-19-10-8-17-9-11-23(27)31-22(17)14-19/h3-4,6-11,14-15H,2,5,12-13,16H2,1H3. The van der Waals surface area contributed by atoms with Crippen LogP contribution in [0.1, 0.15) is 19.0 Å². The molecule has 0 spiro atoms.